The van der Waals surface area contributed by atoms with Crippen molar-refractivity contribution < 1.29 is 18.1 Å². The van der Waals surface area contributed by atoms with Gasteiger partial charge in [0, 0.05) is 71.6 Å². The molecule has 78 heavy (non-hydrogen) atoms. The molecule has 0 unspecified atom stereocenters. The van der Waals surface area contributed by atoms with Crippen LogP contribution in [0.1, 0.15) is 179 Å². The predicted octanol–water partition coefficient (Wildman–Crippen LogP) is 15.4. The van der Waals surface area contributed by atoms with Crippen molar-refractivity contribution in [1.29, 1.82) is 0 Å². The first kappa shape index (κ1) is 51.7. The van der Waals surface area contributed by atoms with E-state index in [0.29, 0.717) is 0 Å². The SMILES string of the molecule is Cc1c(C)c(C)n2c(C)c3[n+](c2c1C)C(C)(C)c1cc2c(cc1-3)C(C)(C)c1ccccc1-2.Cc1c(C)c(C)n2c(C)c3[n+](c2c1C)C(C)(C)c1ccccc1C3.Cc1c(C)c(C)n2c(C)c3[n+](c2c1C)C(C)(C)c1ccoc1-3. The van der Waals surface area contributed by atoms with Gasteiger partial charge in [-0.1, -0.05) is 62.4 Å². The van der Waals surface area contributed by atoms with Crippen LogP contribution in [-0.4, -0.2) is 13.2 Å². The molecule has 14 rings (SSSR count). The molecule has 0 atom stereocenters. The van der Waals surface area contributed by atoms with E-state index in [1.165, 1.54) is 168 Å². The monoisotopic (exact) mass is 1040 g/mol. The third-order valence-electron chi connectivity index (χ3n) is 21.0. The second-order valence-electron chi connectivity index (χ2n) is 26.1. The van der Waals surface area contributed by atoms with E-state index in [-0.39, 0.29) is 22.0 Å². The second kappa shape index (κ2) is 16.5. The molecule has 1 aliphatic carbocycles. The molecular weight excluding hydrogens is 953 g/mol. The van der Waals surface area contributed by atoms with Gasteiger partial charge in [-0.3, -0.25) is 0 Å². The fraction of sp³-hybridized carbons (Fsp3) is 0.394. The summed E-state index contributed by atoms with van der Waals surface area (Å²) in [5, 5.41) is 0. The lowest BCUT2D eigenvalue weighted by molar-refractivity contribution is -0.732. The fourth-order valence-electron chi connectivity index (χ4n) is 15.6. The number of rotatable bonds is 0. The van der Waals surface area contributed by atoms with Crippen molar-refractivity contribution in [3.05, 3.63) is 196 Å². The Kier molecular flexibility index (Phi) is 11.0. The number of pyridine rings is 3. The molecule has 0 amide bonds. The molecule has 4 aliphatic rings. The molecule has 10 aromatic rings. The molecule has 3 aromatic carbocycles. The zero-order valence-electron chi connectivity index (χ0n) is 51.2. The molecule has 3 aliphatic heterocycles. The van der Waals surface area contributed by atoms with Crippen LogP contribution in [0.25, 0.3) is 50.8 Å². The van der Waals surface area contributed by atoms with Crippen LogP contribution in [0.2, 0.25) is 0 Å². The van der Waals surface area contributed by atoms with E-state index in [2.05, 4.69) is 253 Å². The summed E-state index contributed by atoms with van der Waals surface area (Å²) in [6.45, 7) is 52.7. The minimum absolute atomic E-state index is 0.0184. The van der Waals surface area contributed by atoms with Crippen molar-refractivity contribution >= 4 is 16.9 Å². The zero-order chi connectivity index (χ0) is 56.3. The summed E-state index contributed by atoms with van der Waals surface area (Å²) in [4.78, 5) is 0. The highest BCUT2D eigenvalue weighted by atomic mass is 16.3. The summed E-state index contributed by atoms with van der Waals surface area (Å²) in [5.74, 6) is 1.03. The van der Waals surface area contributed by atoms with E-state index in [0.717, 1.165) is 12.2 Å². The number of hydrogen-bond donors (Lipinski definition) is 0. The highest BCUT2D eigenvalue weighted by molar-refractivity contribution is 5.86. The first-order valence-electron chi connectivity index (χ1n) is 28.6. The Morgan fingerprint density at radius 2 is 0.808 bits per heavy atom. The number of imidazole rings is 3. The maximum absolute atomic E-state index is 5.85. The summed E-state index contributed by atoms with van der Waals surface area (Å²) in [5.41, 5.74) is 41.2. The van der Waals surface area contributed by atoms with Crippen molar-refractivity contribution in [3.8, 4) is 33.8 Å². The number of nitrogens with zero attached hydrogens (tertiary/aromatic N) is 6. The van der Waals surface area contributed by atoms with Gasteiger partial charge in [0.1, 0.15) is 39.4 Å². The third-order valence-corrected chi connectivity index (χ3v) is 21.0. The Morgan fingerprint density at radius 3 is 1.37 bits per heavy atom. The van der Waals surface area contributed by atoms with Crippen LogP contribution in [0.5, 0.6) is 0 Å². The third kappa shape index (κ3) is 6.30. The molecule has 10 heterocycles. The maximum atomic E-state index is 5.85. The summed E-state index contributed by atoms with van der Waals surface area (Å²) < 4.78 is 20.9. The smallest absolute Gasteiger partial charge is 0.291 e. The molecule has 0 fully saturated rings. The van der Waals surface area contributed by atoms with Gasteiger partial charge in [-0.2, -0.15) is 13.2 Å². The summed E-state index contributed by atoms with van der Waals surface area (Å²) in [7, 11) is 0. The van der Waals surface area contributed by atoms with Crippen molar-refractivity contribution in [2.24, 2.45) is 0 Å². The van der Waals surface area contributed by atoms with Gasteiger partial charge in [0.05, 0.1) is 6.26 Å². The molecule has 0 radical (unpaired) electrons. The Bertz CT molecular complexity index is 4330. The maximum Gasteiger partial charge on any atom is 0.291 e. The lowest BCUT2D eigenvalue weighted by atomic mass is 9.80. The molecule has 0 bridgehead atoms. The normalized spacial score (nSPS) is 16.0. The van der Waals surface area contributed by atoms with Crippen LogP contribution >= 0.6 is 0 Å². The Morgan fingerprint density at radius 1 is 0.372 bits per heavy atom. The quantitative estimate of drug-likeness (QED) is 0.140. The molecule has 0 saturated carbocycles. The molecule has 0 saturated heterocycles. The average molecular weight is 1040 g/mol. The van der Waals surface area contributed by atoms with Crippen molar-refractivity contribution in [2.45, 2.75) is 188 Å². The van der Waals surface area contributed by atoms with Gasteiger partial charge in [-0.05, 0) is 204 Å². The first-order valence-corrected chi connectivity index (χ1v) is 28.6. The number of furan rings is 1. The molecule has 400 valence electrons. The Hall–Kier alpha value is -6.99. The van der Waals surface area contributed by atoms with Crippen LogP contribution in [0.4, 0.5) is 0 Å². The highest BCUT2D eigenvalue weighted by Crippen LogP contribution is 2.53. The topological polar surface area (TPSA) is 38.0 Å². The minimum Gasteiger partial charge on any atom is -0.460 e. The van der Waals surface area contributed by atoms with Crippen LogP contribution < -0.4 is 13.7 Å². The number of aryl methyl sites for hydroxylation is 9. The Balaban J connectivity index is 0.000000120. The fourth-order valence-corrected chi connectivity index (χ4v) is 15.6. The van der Waals surface area contributed by atoms with Crippen molar-refractivity contribution in [3.63, 3.8) is 0 Å². The molecule has 7 heteroatoms. The second-order valence-corrected chi connectivity index (χ2v) is 26.1. The van der Waals surface area contributed by atoms with E-state index in [1.807, 2.05) is 6.26 Å². The van der Waals surface area contributed by atoms with Gasteiger partial charge in [0.2, 0.25) is 5.69 Å². The predicted molar refractivity (Wildman–Crippen MR) is 319 cm³/mol. The number of aromatic nitrogens is 6. The van der Waals surface area contributed by atoms with Crippen LogP contribution in [-0.2, 0) is 28.5 Å². The first-order chi connectivity index (χ1) is 36.5. The van der Waals surface area contributed by atoms with Crippen molar-refractivity contribution in [2.75, 3.05) is 0 Å². The number of hydrogen-bond acceptors (Lipinski definition) is 1. The highest BCUT2D eigenvalue weighted by Gasteiger charge is 2.51. The summed E-state index contributed by atoms with van der Waals surface area (Å²) >= 11 is 0. The molecule has 7 aromatic heterocycles. The van der Waals surface area contributed by atoms with Gasteiger partial charge >= 0.3 is 0 Å². The average Bonchev–Trinajstić information content (AvgIpc) is 3.04. The van der Waals surface area contributed by atoms with Gasteiger partial charge in [-0.25, -0.2) is 13.7 Å². The van der Waals surface area contributed by atoms with E-state index in [9.17, 15) is 0 Å². The summed E-state index contributed by atoms with van der Waals surface area (Å²) in [6, 6.07) is 25.0. The number of benzene rings is 3. The molecule has 0 N–H and O–H groups in total. The van der Waals surface area contributed by atoms with Gasteiger partial charge in [0.15, 0.2) is 28.5 Å². The minimum atomic E-state index is -0.111. The lowest BCUT2D eigenvalue weighted by Gasteiger charge is -2.31. The lowest BCUT2D eigenvalue weighted by Crippen LogP contribution is -2.58. The van der Waals surface area contributed by atoms with E-state index < -0.39 is 0 Å². The Labute approximate surface area is 463 Å². The van der Waals surface area contributed by atoms with Gasteiger partial charge < -0.3 is 4.42 Å². The van der Waals surface area contributed by atoms with Gasteiger partial charge in [0.25, 0.3) is 16.9 Å². The van der Waals surface area contributed by atoms with Crippen LogP contribution in [0, 0.1) is 104 Å². The standard InChI is InChI=1S/C30H33N2.C22H27N2.C19H23N2O/c1-16-17(2)19(4)31-20(5)27-23-15-25-22(21-12-10-11-13-24(21)29(25,6)7)14-26(23)30(8,9)32(27)28(31)18(16)3;1-13-14(2)16(4)23-17(5)20-12-18-10-8-9-11-19(18)22(6,7)24(20)21(23)15(13)3;1-10-11(2)13(4)20-14(5)16-17-15(8-9-22-17)19(6,7)21(16)18(20)12(10)3/h10-15H,1-9H3;8-11H,12H2,1-7H3;8-9H,1-7H3/q3*+1. The largest absolute Gasteiger partial charge is 0.460 e. The van der Waals surface area contributed by atoms with E-state index in [4.69, 9.17) is 4.42 Å². The molecule has 7 nitrogen and oxygen atoms in total. The number of fused-ring (bicyclic) bond motifs is 17. The van der Waals surface area contributed by atoms with Crippen LogP contribution in [0.3, 0.4) is 0 Å². The molecule has 0 spiro atoms. The van der Waals surface area contributed by atoms with Gasteiger partial charge in [-0.15, -0.1) is 0 Å². The molecular formula is C71H83N6O+3. The van der Waals surface area contributed by atoms with Crippen LogP contribution in [0.15, 0.2) is 77.4 Å². The van der Waals surface area contributed by atoms with Crippen molar-refractivity contribution in [1.82, 2.24) is 13.2 Å². The van der Waals surface area contributed by atoms with E-state index >= 15 is 0 Å². The zero-order valence-corrected chi connectivity index (χ0v) is 51.2. The van der Waals surface area contributed by atoms with E-state index in [1.54, 1.807) is 0 Å². The summed E-state index contributed by atoms with van der Waals surface area (Å²) in [6.07, 6.45) is 2.83.